The van der Waals surface area contributed by atoms with Crippen LogP contribution >= 0.6 is 7.29 Å². The number of hydrogen-bond donors (Lipinski definition) is 1. The third kappa shape index (κ3) is 8.72. The Morgan fingerprint density at radius 1 is 0.841 bits per heavy atom. The number of fused-ring (bicyclic) bond motifs is 1. The van der Waals surface area contributed by atoms with Crippen LogP contribution in [0.3, 0.4) is 0 Å². The maximum atomic E-state index is 15.6. The maximum absolute atomic E-state index is 15.6. The fraction of sp³-hybridized carbons (Fsp3) is 0.354. The molecule has 0 unspecified atom stereocenters. The van der Waals surface area contributed by atoms with Crippen molar-refractivity contribution in [2.24, 2.45) is 0 Å². The van der Waals surface area contributed by atoms with E-state index < -0.39 is 37.4 Å². The summed E-state index contributed by atoms with van der Waals surface area (Å²) in [4.78, 5) is 26.9. The Kier molecular flexibility index (Phi) is 14.0. The zero-order valence-corrected chi connectivity index (χ0v) is 37.5. The highest BCUT2D eigenvalue weighted by molar-refractivity contribution is 7.62. The first-order chi connectivity index (χ1) is 30.5. The van der Waals surface area contributed by atoms with E-state index in [1.54, 1.807) is 56.5 Å². The van der Waals surface area contributed by atoms with Gasteiger partial charge in [0, 0.05) is 37.0 Å². The average molecular weight is 872 g/mol. The molecule has 0 aliphatic carbocycles. The number of imidazole rings is 1. The van der Waals surface area contributed by atoms with Gasteiger partial charge in [-0.05, 0) is 53.1 Å². The number of amides is 1. The van der Waals surface area contributed by atoms with E-state index in [1.165, 1.54) is 6.33 Å². The Labute approximate surface area is 368 Å². The number of carbonyl (C=O) groups is 1. The van der Waals surface area contributed by atoms with Crippen molar-refractivity contribution in [1.29, 1.82) is 5.26 Å². The van der Waals surface area contributed by atoms with Crippen LogP contribution in [0.5, 0.6) is 11.5 Å². The number of nitriles is 1. The van der Waals surface area contributed by atoms with Crippen molar-refractivity contribution in [2.75, 3.05) is 39.8 Å². The van der Waals surface area contributed by atoms with Crippen LogP contribution in [0, 0.1) is 11.3 Å². The zero-order valence-electron chi connectivity index (χ0n) is 36.6. The van der Waals surface area contributed by atoms with Crippen molar-refractivity contribution >= 4 is 30.2 Å². The number of nitrogens with one attached hydrogen (secondary N) is 1. The number of anilines is 1. The smallest absolute Gasteiger partial charge is 0.256 e. The van der Waals surface area contributed by atoms with Gasteiger partial charge < -0.3 is 33.6 Å². The predicted molar refractivity (Wildman–Crippen MR) is 241 cm³/mol. The number of nitrogens with zero attached hydrogens (tertiary/aromatic N) is 6. The predicted octanol–water partition coefficient (Wildman–Crippen LogP) is 8.70. The molecule has 3 heterocycles. The summed E-state index contributed by atoms with van der Waals surface area (Å²) < 4.78 is 51.5. The van der Waals surface area contributed by atoms with Crippen molar-refractivity contribution in [3.05, 3.63) is 144 Å². The maximum Gasteiger partial charge on any atom is 0.256 e. The Bertz CT molecular complexity index is 2490. The van der Waals surface area contributed by atoms with Crippen LogP contribution in [0.4, 0.5) is 5.82 Å². The van der Waals surface area contributed by atoms with E-state index in [0.717, 1.165) is 16.7 Å². The average Bonchev–Trinajstić information content (AvgIpc) is 3.92. The molecule has 4 atom stereocenters. The molecule has 0 radical (unpaired) electrons. The van der Waals surface area contributed by atoms with Gasteiger partial charge in [-0.2, -0.15) is 5.26 Å². The zero-order chi connectivity index (χ0) is 44.7. The lowest BCUT2D eigenvalue weighted by Crippen LogP contribution is -2.51. The van der Waals surface area contributed by atoms with Crippen LogP contribution in [-0.4, -0.2) is 94.1 Å². The summed E-state index contributed by atoms with van der Waals surface area (Å²) in [5.74, 6) is 1.25. The number of benzene rings is 4. The molecule has 1 aliphatic rings. The summed E-state index contributed by atoms with van der Waals surface area (Å²) in [6, 6.07) is 35.9. The molecule has 328 valence electrons. The molecule has 63 heavy (non-hydrogen) atoms. The highest BCUT2D eigenvalue weighted by atomic mass is 31.2. The molecular formula is C48H54N7O7P. The molecule has 7 rings (SSSR count). The van der Waals surface area contributed by atoms with Crippen molar-refractivity contribution in [2.45, 2.75) is 75.5 Å². The second kappa shape index (κ2) is 19.6. The van der Waals surface area contributed by atoms with E-state index in [1.807, 2.05) is 117 Å². The summed E-state index contributed by atoms with van der Waals surface area (Å²) in [5.41, 5.74) is 1.95. The fourth-order valence-corrected chi connectivity index (χ4v) is 12.2. The third-order valence-corrected chi connectivity index (χ3v) is 16.0. The van der Waals surface area contributed by atoms with E-state index in [9.17, 15) is 10.1 Å². The molecule has 15 heteroatoms. The largest absolute Gasteiger partial charge is 0.497 e. The molecule has 1 saturated heterocycles. The van der Waals surface area contributed by atoms with Crippen molar-refractivity contribution in [3.63, 3.8) is 0 Å². The van der Waals surface area contributed by atoms with Crippen LogP contribution in [0.15, 0.2) is 122 Å². The quantitative estimate of drug-likeness (QED) is 0.0647. The van der Waals surface area contributed by atoms with Crippen molar-refractivity contribution in [3.8, 4) is 17.6 Å². The lowest BCUT2D eigenvalue weighted by molar-refractivity contribution is -0.0906. The summed E-state index contributed by atoms with van der Waals surface area (Å²) in [5, 5.41) is 12.9. The number of carbonyl (C=O) groups excluding carboxylic acids is 1. The van der Waals surface area contributed by atoms with Gasteiger partial charge in [0.2, 0.25) is 0 Å². The first-order valence-electron chi connectivity index (χ1n) is 21.0. The van der Waals surface area contributed by atoms with Gasteiger partial charge >= 0.3 is 0 Å². The number of ether oxygens (including phenoxy) is 5. The first-order valence-corrected chi connectivity index (χ1v) is 22.8. The first kappa shape index (κ1) is 45.1. The number of methoxy groups -OCH3 is 3. The molecule has 1 fully saturated rings. The van der Waals surface area contributed by atoms with Gasteiger partial charge in [0.15, 0.2) is 30.5 Å². The third-order valence-electron chi connectivity index (χ3n) is 11.8. The number of aromatic nitrogens is 4. The van der Waals surface area contributed by atoms with Gasteiger partial charge in [-0.3, -0.25) is 9.36 Å². The van der Waals surface area contributed by atoms with Crippen LogP contribution in [-0.2, 0) is 24.4 Å². The Balaban J connectivity index is 1.38. The van der Waals surface area contributed by atoms with Gasteiger partial charge in [0.05, 0.1) is 39.3 Å². The summed E-state index contributed by atoms with van der Waals surface area (Å²) >= 11 is 0. The highest BCUT2D eigenvalue weighted by Gasteiger charge is 2.55. The van der Waals surface area contributed by atoms with Crippen molar-refractivity contribution in [1.82, 2.24) is 24.2 Å². The monoisotopic (exact) mass is 871 g/mol. The molecule has 1 N–H and O–H groups in total. The number of hydrogen-bond acceptors (Lipinski definition) is 11. The molecule has 0 saturated carbocycles. The van der Waals surface area contributed by atoms with Crippen molar-refractivity contribution < 1.29 is 33.0 Å². The highest BCUT2D eigenvalue weighted by Crippen LogP contribution is 2.61. The van der Waals surface area contributed by atoms with E-state index in [0.29, 0.717) is 28.2 Å². The minimum absolute atomic E-state index is 0.0206. The Morgan fingerprint density at radius 2 is 1.41 bits per heavy atom. The second-order valence-electron chi connectivity index (χ2n) is 15.9. The standard InChI is InChI=1S/C48H54N7O7P/c1-32(2)63(57,33(3)4)55(28-14-27-49)42-40(62-47(43(42)60-7)54-31-52-41-44(50-30-51-45(41)54)53-46(56)34-15-10-8-11-16-34)29-61-48(35-17-12-9-13-18-35,36-19-23-38(58-5)24-20-36)37-21-25-39(59-6)26-22-37/h8-13,15-26,30-33,40,42-43,47H,14,28-29H2,1-7H3,(H,50,51,53,56)/t40-,42+,43+,47+/m0/s1. The normalized spacial score (nSPS) is 17.9. The minimum atomic E-state index is -3.26. The summed E-state index contributed by atoms with van der Waals surface area (Å²) in [7, 11) is 1.59. The lowest BCUT2D eigenvalue weighted by atomic mass is 9.80. The second-order valence-corrected chi connectivity index (χ2v) is 19.8. The molecule has 6 aromatic rings. The van der Waals surface area contributed by atoms with Crippen LogP contribution < -0.4 is 14.8 Å². The lowest BCUT2D eigenvalue weighted by Gasteiger charge is -2.44. The van der Waals surface area contributed by atoms with Crippen LogP contribution in [0.1, 0.15) is 67.4 Å². The molecule has 14 nitrogen and oxygen atoms in total. The van der Waals surface area contributed by atoms with E-state index in [-0.39, 0.29) is 42.6 Å². The van der Waals surface area contributed by atoms with Crippen LogP contribution in [0.2, 0.25) is 0 Å². The summed E-state index contributed by atoms with van der Waals surface area (Å²) in [6.45, 7) is 8.01. The molecule has 0 spiro atoms. The minimum Gasteiger partial charge on any atom is -0.497 e. The topological polar surface area (TPSA) is 163 Å². The van der Waals surface area contributed by atoms with E-state index in [2.05, 4.69) is 26.3 Å². The Hall–Kier alpha value is -5.94. The molecule has 2 aromatic heterocycles. The molecule has 0 bridgehead atoms. The SMILES string of the molecule is COc1ccc(C(OC[C@@H]2O[C@@H](n3cnc4c(NC(=O)c5ccccc5)ncnc43)[C@H](OC)[C@@H]2N(CCC#N)P(=O)(C(C)C)C(C)C)(c2ccccc2)c2ccc(OC)cc2)cc1. The van der Waals surface area contributed by atoms with Gasteiger partial charge in [0.1, 0.15) is 35.6 Å². The molecule has 1 amide bonds. The van der Waals surface area contributed by atoms with E-state index >= 15 is 4.57 Å². The van der Waals surface area contributed by atoms with Gasteiger partial charge in [-0.25, -0.2) is 19.6 Å². The Morgan fingerprint density at radius 3 is 1.95 bits per heavy atom. The van der Waals surface area contributed by atoms with Crippen LogP contribution in [0.25, 0.3) is 11.2 Å². The number of rotatable bonds is 18. The van der Waals surface area contributed by atoms with Gasteiger partial charge in [-0.15, -0.1) is 0 Å². The molecule has 1 aliphatic heterocycles. The van der Waals surface area contributed by atoms with Gasteiger partial charge in [-0.1, -0.05) is 100 Å². The molecule has 4 aromatic carbocycles. The van der Waals surface area contributed by atoms with E-state index in [4.69, 9.17) is 23.7 Å². The summed E-state index contributed by atoms with van der Waals surface area (Å²) in [6.07, 6.45) is 0.620. The molecular weight excluding hydrogens is 818 g/mol. The fourth-order valence-electron chi connectivity index (χ4n) is 8.74. The van der Waals surface area contributed by atoms with Gasteiger partial charge in [0.25, 0.3) is 5.91 Å².